The Balaban J connectivity index is 1.96. The summed E-state index contributed by atoms with van der Waals surface area (Å²) in [5, 5.41) is 6.29. The SMILES string of the molecule is NC(=NC1CCNCC1)Nc1cccc(CF)c1. The highest BCUT2D eigenvalue weighted by molar-refractivity contribution is 5.92. The van der Waals surface area contributed by atoms with Gasteiger partial charge in [0.05, 0.1) is 6.04 Å². The van der Waals surface area contributed by atoms with Gasteiger partial charge in [0, 0.05) is 5.69 Å². The molecule has 1 aromatic carbocycles. The van der Waals surface area contributed by atoms with Crippen LogP contribution in [0.5, 0.6) is 0 Å². The standard InChI is InChI=1S/C13H19FN4/c14-9-10-2-1-3-12(8-10)18-13(15)17-11-4-6-16-7-5-11/h1-3,8,11,16H,4-7,9H2,(H3,15,17,18). The fourth-order valence-corrected chi connectivity index (χ4v) is 2.04. The maximum atomic E-state index is 12.5. The van der Waals surface area contributed by atoms with Crippen molar-refractivity contribution in [2.24, 2.45) is 10.7 Å². The Hall–Kier alpha value is -1.62. The van der Waals surface area contributed by atoms with Crippen LogP contribution in [0.3, 0.4) is 0 Å². The lowest BCUT2D eigenvalue weighted by atomic mass is 10.1. The van der Waals surface area contributed by atoms with Crippen LogP contribution in [0.1, 0.15) is 18.4 Å². The number of hydrogen-bond acceptors (Lipinski definition) is 2. The minimum atomic E-state index is -0.471. The normalized spacial score (nSPS) is 17.7. The molecule has 0 aromatic heterocycles. The van der Waals surface area contributed by atoms with E-state index in [1.165, 1.54) is 0 Å². The topological polar surface area (TPSA) is 62.4 Å². The maximum Gasteiger partial charge on any atom is 0.193 e. The number of nitrogens with one attached hydrogen (secondary N) is 2. The Labute approximate surface area is 106 Å². The molecule has 1 aliphatic heterocycles. The second-order valence-electron chi connectivity index (χ2n) is 4.45. The van der Waals surface area contributed by atoms with Crippen molar-refractivity contribution in [1.82, 2.24) is 5.32 Å². The second kappa shape index (κ2) is 6.35. The molecule has 0 bridgehead atoms. The number of benzene rings is 1. The number of nitrogens with zero attached hydrogens (tertiary/aromatic N) is 1. The molecule has 0 aliphatic carbocycles. The summed E-state index contributed by atoms with van der Waals surface area (Å²) in [7, 11) is 0. The van der Waals surface area contributed by atoms with Gasteiger partial charge in [-0.15, -0.1) is 0 Å². The van der Waals surface area contributed by atoms with Crippen molar-refractivity contribution in [1.29, 1.82) is 0 Å². The lowest BCUT2D eigenvalue weighted by molar-refractivity contribution is 0.459. The second-order valence-corrected chi connectivity index (χ2v) is 4.45. The fourth-order valence-electron chi connectivity index (χ4n) is 2.04. The minimum absolute atomic E-state index is 0.281. The summed E-state index contributed by atoms with van der Waals surface area (Å²) in [6.45, 7) is 1.50. The Morgan fingerprint density at radius 1 is 1.44 bits per heavy atom. The van der Waals surface area contributed by atoms with Gasteiger partial charge in [0.15, 0.2) is 5.96 Å². The predicted molar refractivity (Wildman–Crippen MR) is 72.4 cm³/mol. The van der Waals surface area contributed by atoms with Crippen molar-refractivity contribution in [3.63, 3.8) is 0 Å². The first-order valence-electron chi connectivity index (χ1n) is 6.24. The van der Waals surface area contributed by atoms with Gasteiger partial charge in [-0.1, -0.05) is 12.1 Å². The first-order chi connectivity index (χ1) is 8.78. The van der Waals surface area contributed by atoms with Crippen LogP contribution in [0, 0.1) is 0 Å². The van der Waals surface area contributed by atoms with Crippen LogP contribution in [-0.2, 0) is 6.67 Å². The summed E-state index contributed by atoms with van der Waals surface area (Å²) >= 11 is 0. The smallest absolute Gasteiger partial charge is 0.193 e. The average molecular weight is 250 g/mol. The van der Waals surface area contributed by atoms with E-state index in [1.54, 1.807) is 18.2 Å². The van der Waals surface area contributed by atoms with Crippen LogP contribution in [0.15, 0.2) is 29.3 Å². The highest BCUT2D eigenvalue weighted by Crippen LogP contribution is 2.12. The quantitative estimate of drug-likeness (QED) is 0.564. The largest absolute Gasteiger partial charge is 0.370 e. The average Bonchev–Trinajstić information content (AvgIpc) is 2.40. The number of nitrogens with two attached hydrogens (primary N) is 1. The number of alkyl halides is 1. The van der Waals surface area contributed by atoms with Gasteiger partial charge in [0.1, 0.15) is 6.67 Å². The number of rotatable bonds is 3. The first kappa shape index (κ1) is 12.8. The molecule has 18 heavy (non-hydrogen) atoms. The molecule has 98 valence electrons. The molecule has 0 unspecified atom stereocenters. The fraction of sp³-hybridized carbons (Fsp3) is 0.462. The van der Waals surface area contributed by atoms with E-state index in [1.807, 2.05) is 6.07 Å². The summed E-state index contributed by atoms with van der Waals surface area (Å²) < 4.78 is 12.5. The minimum Gasteiger partial charge on any atom is -0.370 e. The van der Waals surface area contributed by atoms with E-state index in [-0.39, 0.29) is 6.04 Å². The zero-order chi connectivity index (χ0) is 12.8. The van der Waals surface area contributed by atoms with Gasteiger partial charge < -0.3 is 16.4 Å². The molecule has 0 spiro atoms. The molecule has 4 nitrogen and oxygen atoms in total. The van der Waals surface area contributed by atoms with Gasteiger partial charge in [-0.05, 0) is 43.6 Å². The van der Waals surface area contributed by atoms with E-state index in [0.717, 1.165) is 31.6 Å². The van der Waals surface area contributed by atoms with E-state index in [4.69, 9.17) is 5.73 Å². The summed E-state index contributed by atoms with van der Waals surface area (Å²) in [4.78, 5) is 4.44. The lowest BCUT2D eigenvalue weighted by Gasteiger charge is -2.19. The molecule has 1 aliphatic rings. The van der Waals surface area contributed by atoms with Crippen LogP contribution < -0.4 is 16.4 Å². The van der Waals surface area contributed by atoms with Crippen LogP contribution >= 0.6 is 0 Å². The number of halogens is 1. The lowest BCUT2D eigenvalue weighted by Crippen LogP contribution is -2.33. The van der Waals surface area contributed by atoms with E-state index in [2.05, 4.69) is 15.6 Å². The van der Waals surface area contributed by atoms with E-state index >= 15 is 0 Å². The molecule has 1 fully saturated rings. The van der Waals surface area contributed by atoms with Crippen molar-refractivity contribution in [2.75, 3.05) is 18.4 Å². The third kappa shape index (κ3) is 3.70. The number of piperidine rings is 1. The Morgan fingerprint density at radius 2 is 2.22 bits per heavy atom. The summed E-state index contributed by atoms with van der Waals surface area (Å²) in [5.41, 5.74) is 7.26. The van der Waals surface area contributed by atoms with Crippen LogP contribution in [0.4, 0.5) is 10.1 Å². The molecule has 4 N–H and O–H groups in total. The molecule has 0 saturated carbocycles. The van der Waals surface area contributed by atoms with Gasteiger partial charge in [-0.25, -0.2) is 9.38 Å². The van der Waals surface area contributed by atoms with Gasteiger partial charge in [-0.2, -0.15) is 0 Å². The molecule has 0 atom stereocenters. The molecule has 5 heteroatoms. The molecule has 1 heterocycles. The molecule has 1 aromatic rings. The van der Waals surface area contributed by atoms with Gasteiger partial charge in [-0.3, -0.25) is 0 Å². The summed E-state index contributed by atoms with van der Waals surface area (Å²) in [5.74, 6) is 0.401. The Morgan fingerprint density at radius 3 is 2.94 bits per heavy atom. The predicted octanol–water partition coefficient (Wildman–Crippen LogP) is 1.63. The highest BCUT2D eigenvalue weighted by Gasteiger charge is 2.11. The number of hydrogen-bond donors (Lipinski definition) is 3. The number of anilines is 1. The monoisotopic (exact) mass is 250 g/mol. The van der Waals surface area contributed by atoms with Gasteiger partial charge in [0.2, 0.25) is 0 Å². The third-order valence-corrected chi connectivity index (χ3v) is 2.98. The molecule has 1 saturated heterocycles. The zero-order valence-electron chi connectivity index (χ0n) is 10.3. The van der Waals surface area contributed by atoms with Crippen LogP contribution in [-0.4, -0.2) is 25.1 Å². The molecule has 0 amide bonds. The van der Waals surface area contributed by atoms with Crippen molar-refractivity contribution in [3.05, 3.63) is 29.8 Å². The summed E-state index contributed by atoms with van der Waals surface area (Å²) in [6, 6.07) is 7.41. The van der Waals surface area contributed by atoms with Crippen molar-refractivity contribution in [2.45, 2.75) is 25.6 Å². The van der Waals surface area contributed by atoms with Gasteiger partial charge in [0.25, 0.3) is 0 Å². The third-order valence-electron chi connectivity index (χ3n) is 2.98. The molecular weight excluding hydrogens is 231 g/mol. The molecular formula is C13H19FN4. The van der Waals surface area contributed by atoms with Gasteiger partial charge >= 0.3 is 0 Å². The van der Waals surface area contributed by atoms with E-state index in [0.29, 0.717) is 11.5 Å². The molecule has 0 radical (unpaired) electrons. The van der Waals surface area contributed by atoms with E-state index in [9.17, 15) is 4.39 Å². The van der Waals surface area contributed by atoms with Crippen molar-refractivity contribution in [3.8, 4) is 0 Å². The Bertz CT molecular complexity index is 413. The highest BCUT2D eigenvalue weighted by atomic mass is 19.1. The molecule has 2 rings (SSSR count). The number of guanidine groups is 1. The van der Waals surface area contributed by atoms with Crippen LogP contribution in [0.2, 0.25) is 0 Å². The maximum absolute atomic E-state index is 12.5. The first-order valence-corrected chi connectivity index (χ1v) is 6.24. The van der Waals surface area contributed by atoms with Crippen molar-refractivity contribution >= 4 is 11.6 Å². The van der Waals surface area contributed by atoms with Crippen LogP contribution in [0.25, 0.3) is 0 Å². The summed E-state index contributed by atoms with van der Waals surface area (Å²) in [6.07, 6.45) is 2.01. The van der Waals surface area contributed by atoms with E-state index < -0.39 is 6.67 Å². The number of aliphatic imine (C=N–C) groups is 1. The zero-order valence-corrected chi connectivity index (χ0v) is 10.3. The van der Waals surface area contributed by atoms with Crippen molar-refractivity contribution < 1.29 is 4.39 Å². The Kier molecular flexibility index (Phi) is 4.52.